The summed E-state index contributed by atoms with van der Waals surface area (Å²) < 4.78 is 13.6. The molecule has 0 N–H and O–H groups in total. The van der Waals surface area contributed by atoms with Crippen LogP contribution in [-0.2, 0) is 11.2 Å². The third kappa shape index (κ3) is 3.67. The molecule has 6 rings (SSSR count). The summed E-state index contributed by atoms with van der Waals surface area (Å²) in [5.74, 6) is 0.328. The second kappa shape index (κ2) is 8.62. The van der Waals surface area contributed by atoms with E-state index >= 15 is 0 Å². The number of thiophene rings is 1. The number of rotatable bonds is 4. The van der Waals surface area contributed by atoms with E-state index in [-0.39, 0.29) is 37.0 Å². The van der Waals surface area contributed by atoms with Gasteiger partial charge in [0.25, 0.3) is 5.56 Å². The van der Waals surface area contributed by atoms with Crippen molar-refractivity contribution in [3.8, 4) is 22.6 Å². The van der Waals surface area contributed by atoms with Gasteiger partial charge in [-0.2, -0.15) is 0 Å². The zero-order valence-electron chi connectivity index (χ0n) is 17.7. The smallest absolute Gasteiger partial charge is 0.548 e. The van der Waals surface area contributed by atoms with Crippen LogP contribution in [-0.4, -0.2) is 23.1 Å². The van der Waals surface area contributed by atoms with E-state index in [1.165, 1.54) is 21.0 Å². The molecule has 6 nitrogen and oxygen atoms in total. The number of pyridine rings is 1. The molecule has 2 aromatic carbocycles. The molecule has 0 fully saturated rings. The fraction of sp³-hybridized carbons (Fsp3) is 0.167. The molecule has 2 aliphatic heterocycles. The van der Waals surface area contributed by atoms with Crippen molar-refractivity contribution in [2.75, 3.05) is 12.5 Å². The topological polar surface area (TPSA) is 80.6 Å². The molecule has 0 unspecified atom stereocenters. The number of carboxylic acid groups (broad SMARTS) is 1. The SMILES string of the molecule is O=C([O-])[C@@H]1CSc2c(-c3ccc4c(c3)OCO4)c(Cc3csc4ccccc34)cc(=O)n21.[Li+]. The predicted molar refractivity (Wildman–Crippen MR) is 122 cm³/mol. The van der Waals surface area contributed by atoms with Crippen molar-refractivity contribution in [2.24, 2.45) is 0 Å². The Hall–Kier alpha value is -2.63. The number of carbonyl (C=O) groups is 1. The van der Waals surface area contributed by atoms with Crippen LogP contribution in [0, 0.1) is 0 Å². The van der Waals surface area contributed by atoms with Crippen LogP contribution in [0.2, 0.25) is 0 Å². The minimum atomic E-state index is -1.24. The molecule has 160 valence electrons. The van der Waals surface area contributed by atoms with Gasteiger partial charge in [0, 0.05) is 22.1 Å². The molecule has 0 amide bonds. The summed E-state index contributed by atoms with van der Waals surface area (Å²) in [5, 5.41) is 15.6. The van der Waals surface area contributed by atoms with Crippen LogP contribution in [0.15, 0.2) is 63.7 Å². The molecule has 0 bridgehead atoms. The number of thioether (sulfide) groups is 1. The molecule has 0 saturated carbocycles. The first kappa shape index (κ1) is 22.2. The number of fused-ring (bicyclic) bond motifs is 3. The van der Waals surface area contributed by atoms with Crippen molar-refractivity contribution in [3.63, 3.8) is 0 Å². The fourth-order valence-corrected chi connectivity index (χ4v) is 6.68. The number of benzene rings is 2. The Morgan fingerprint density at radius 2 is 1.91 bits per heavy atom. The van der Waals surface area contributed by atoms with E-state index in [4.69, 9.17) is 9.47 Å². The van der Waals surface area contributed by atoms with Gasteiger partial charge in [-0.15, -0.1) is 23.1 Å². The average molecular weight is 469 g/mol. The zero-order valence-corrected chi connectivity index (χ0v) is 19.3. The molecule has 2 aromatic heterocycles. The molecular formula is C24H16LiNO5S2. The minimum absolute atomic E-state index is 0. The molecular weight excluding hydrogens is 453 g/mol. The Balaban J connectivity index is 0.00000228. The van der Waals surface area contributed by atoms with E-state index in [0.29, 0.717) is 22.9 Å². The zero-order chi connectivity index (χ0) is 21.8. The van der Waals surface area contributed by atoms with E-state index in [2.05, 4.69) is 17.5 Å². The first-order valence-corrected chi connectivity index (χ1v) is 11.9. The maximum Gasteiger partial charge on any atom is 1.00 e. The van der Waals surface area contributed by atoms with Gasteiger partial charge in [0.1, 0.15) is 0 Å². The van der Waals surface area contributed by atoms with E-state index < -0.39 is 12.0 Å². The number of aliphatic carboxylic acids is 1. The van der Waals surface area contributed by atoms with Crippen molar-refractivity contribution in [2.45, 2.75) is 17.5 Å². The summed E-state index contributed by atoms with van der Waals surface area (Å²) in [6.07, 6.45) is 0.563. The predicted octanol–water partition coefficient (Wildman–Crippen LogP) is 0.450. The monoisotopic (exact) mass is 469 g/mol. The van der Waals surface area contributed by atoms with Gasteiger partial charge in [-0.1, -0.05) is 24.3 Å². The van der Waals surface area contributed by atoms with Crippen molar-refractivity contribution in [1.29, 1.82) is 0 Å². The average Bonchev–Trinajstić information content (AvgIpc) is 3.52. The Morgan fingerprint density at radius 1 is 1.09 bits per heavy atom. The van der Waals surface area contributed by atoms with Gasteiger partial charge >= 0.3 is 18.9 Å². The Morgan fingerprint density at radius 3 is 2.76 bits per heavy atom. The number of nitrogens with zero attached hydrogens (tertiary/aromatic N) is 1. The standard InChI is InChI=1S/C24H17NO5S2.Li/c26-21-9-14(7-15-10-31-20-4-2-1-3-16(15)20)22(23-25(21)17(11-32-23)24(27)28)13-5-6-18-19(8-13)30-12-29-18;/h1-6,8-10,17H,7,11-12H2,(H,27,28);/q;+1/p-1/t17-;/m0./s1. The normalized spacial score (nSPS) is 15.9. The van der Waals surface area contributed by atoms with Gasteiger partial charge in [-0.3, -0.25) is 9.36 Å². The second-order valence-electron chi connectivity index (χ2n) is 7.71. The van der Waals surface area contributed by atoms with Crippen LogP contribution in [0.1, 0.15) is 17.2 Å². The Bertz CT molecular complexity index is 1460. The molecule has 0 aliphatic carbocycles. The number of aromatic nitrogens is 1. The van der Waals surface area contributed by atoms with Crippen molar-refractivity contribution in [3.05, 3.63) is 75.4 Å². The number of carbonyl (C=O) groups excluding carboxylic acids is 1. The van der Waals surface area contributed by atoms with Gasteiger partial charge in [-0.05, 0) is 52.1 Å². The number of hydrogen-bond acceptors (Lipinski definition) is 7. The quantitative estimate of drug-likeness (QED) is 0.404. The van der Waals surface area contributed by atoms with Crippen LogP contribution >= 0.6 is 23.1 Å². The summed E-state index contributed by atoms with van der Waals surface area (Å²) in [6.45, 7) is 0.167. The molecule has 0 saturated heterocycles. The third-order valence-corrected chi connectivity index (χ3v) is 8.02. The van der Waals surface area contributed by atoms with Crippen LogP contribution in [0.25, 0.3) is 21.2 Å². The maximum atomic E-state index is 13.0. The third-order valence-electron chi connectivity index (χ3n) is 5.85. The van der Waals surface area contributed by atoms with Crippen LogP contribution < -0.4 is 39.0 Å². The Kier molecular flexibility index (Phi) is 5.79. The maximum absolute atomic E-state index is 13.0. The molecule has 0 radical (unpaired) electrons. The van der Waals surface area contributed by atoms with Gasteiger partial charge in [0.2, 0.25) is 6.79 Å². The minimum Gasteiger partial charge on any atom is -0.548 e. The van der Waals surface area contributed by atoms with Crippen LogP contribution in [0.3, 0.4) is 0 Å². The van der Waals surface area contributed by atoms with E-state index in [9.17, 15) is 14.7 Å². The molecule has 0 spiro atoms. The Labute approximate surface area is 209 Å². The molecule has 33 heavy (non-hydrogen) atoms. The van der Waals surface area contributed by atoms with E-state index in [1.54, 1.807) is 17.4 Å². The number of carboxylic acids is 1. The molecule has 4 heterocycles. The van der Waals surface area contributed by atoms with Crippen molar-refractivity contribution >= 4 is 39.2 Å². The van der Waals surface area contributed by atoms with Crippen LogP contribution in [0.5, 0.6) is 11.5 Å². The van der Waals surface area contributed by atoms with Gasteiger partial charge in [-0.25, -0.2) is 0 Å². The van der Waals surface area contributed by atoms with Gasteiger partial charge < -0.3 is 19.4 Å². The van der Waals surface area contributed by atoms with E-state index in [0.717, 1.165) is 27.6 Å². The van der Waals surface area contributed by atoms with Gasteiger partial charge in [0.05, 0.1) is 17.0 Å². The molecule has 4 aromatic rings. The molecule has 9 heteroatoms. The number of ether oxygens (including phenoxy) is 2. The second-order valence-corrected chi connectivity index (χ2v) is 9.63. The first-order valence-electron chi connectivity index (χ1n) is 10.1. The first-order chi connectivity index (χ1) is 15.6. The van der Waals surface area contributed by atoms with Gasteiger partial charge in [0.15, 0.2) is 11.5 Å². The molecule has 1 atom stereocenters. The summed E-state index contributed by atoms with van der Waals surface area (Å²) in [4.78, 5) is 24.7. The summed E-state index contributed by atoms with van der Waals surface area (Å²) in [5.41, 5.74) is 3.38. The molecule has 2 aliphatic rings. The van der Waals surface area contributed by atoms with Crippen molar-refractivity contribution in [1.82, 2.24) is 4.57 Å². The summed E-state index contributed by atoms with van der Waals surface area (Å²) in [7, 11) is 0. The van der Waals surface area contributed by atoms with Crippen molar-refractivity contribution < 1.29 is 38.2 Å². The summed E-state index contributed by atoms with van der Waals surface area (Å²) in [6, 6.07) is 14.4. The van der Waals surface area contributed by atoms with Crippen LogP contribution in [0.4, 0.5) is 0 Å². The number of hydrogen-bond donors (Lipinski definition) is 0. The van der Waals surface area contributed by atoms with E-state index in [1.807, 2.05) is 30.3 Å². The summed E-state index contributed by atoms with van der Waals surface area (Å²) >= 11 is 3.05. The largest absolute Gasteiger partial charge is 1.00 e. The fourth-order valence-electron chi connectivity index (χ4n) is 4.37.